The Morgan fingerprint density at radius 2 is 1.86 bits per heavy atom. The second kappa shape index (κ2) is 4.41. The first-order valence-electron chi connectivity index (χ1n) is 4.72. The first-order valence-corrected chi connectivity index (χ1v) is 4.72. The van der Waals surface area contributed by atoms with Crippen LogP contribution in [0.3, 0.4) is 0 Å². The van der Waals surface area contributed by atoms with Gasteiger partial charge in [0.15, 0.2) is 0 Å². The molecule has 2 aliphatic rings. The van der Waals surface area contributed by atoms with Crippen molar-refractivity contribution < 1.29 is 19.8 Å². The largest absolute Gasteiger partial charge is 0.483 e. The van der Waals surface area contributed by atoms with E-state index in [9.17, 15) is 4.79 Å². The zero-order valence-corrected chi connectivity index (χ0v) is 7.90. The quantitative estimate of drug-likeness (QED) is 0.536. The average molecular weight is 201 g/mol. The molecule has 0 amide bonds. The molecular formula is C9H15NO4. The standard InChI is InChI=1S/C8H13NO2.CH2O2/c10-7(11)6-5-8(9-6)3-1-2-4-8;2-1-3/h6,9H,1-5H2,(H,10,11);1H,(H,2,3). The van der Waals surface area contributed by atoms with Crippen LogP contribution in [0, 0.1) is 0 Å². The number of carbonyl (C=O) groups is 2. The molecule has 1 saturated carbocycles. The highest BCUT2D eigenvalue weighted by Gasteiger charge is 2.47. The lowest BCUT2D eigenvalue weighted by molar-refractivity contribution is -0.144. The van der Waals surface area contributed by atoms with Crippen LogP contribution in [0.1, 0.15) is 32.1 Å². The van der Waals surface area contributed by atoms with E-state index in [0.29, 0.717) is 0 Å². The maximum Gasteiger partial charge on any atom is 0.320 e. The molecule has 80 valence electrons. The van der Waals surface area contributed by atoms with Crippen LogP contribution in [-0.4, -0.2) is 34.2 Å². The summed E-state index contributed by atoms with van der Waals surface area (Å²) in [7, 11) is 0. The lowest BCUT2D eigenvalue weighted by Gasteiger charge is -2.44. The van der Waals surface area contributed by atoms with Crippen molar-refractivity contribution in [1.82, 2.24) is 5.32 Å². The molecule has 1 atom stereocenters. The topological polar surface area (TPSA) is 86.6 Å². The fourth-order valence-corrected chi connectivity index (χ4v) is 2.29. The highest BCUT2D eigenvalue weighted by Crippen LogP contribution is 2.39. The van der Waals surface area contributed by atoms with E-state index in [2.05, 4.69) is 5.32 Å². The molecule has 14 heavy (non-hydrogen) atoms. The van der Waals surface area contributed by atoms with E-state index in [1.54, 1.807) is 0 Å². The van der Waals surface area contributed by atoms with E-state index in [1.807, 2.05) is 0 Å². The molecule has 0 radical (unpaired) electrons. The van der Waals surface area contributed by atoms with Gasteiger partial charge in [-0.25, -0.2) is 0 Å². The fourth-order valence-electron chi connectivity index (χ4n) is 2.29. The van der Waals surface area contributed by atoms with Gasteiger partial charge < -0.3 is 10.2 Å². The number of aliphatic carboxylic acids is 1. The molecule has 0 aromatic heterocycles. The summed E-state index contributed by atoms with van der Waals surface area (Å²) in [5.41, 5.74) is 0.239. The summed E-state index contributed by atoms with van der Waals surface area (Å²) in [4.78, 5) is 18.8. The molecule has 0 aromatic carbocycles. The second-order valence-electron chi connectivity index (χ2n) is 3.83. The third kappa shape index (κ3) is 2.23. The van der Waals surface area contributed by atoms with Crippen molar-refractivity contribution >= 4 is 12.4 Å². The van der Waals surface area contributed by atoms with Crippen molar-refractivity contribution in [3.63, 3.8) is 0 Å². The second-order valence-corrected chi connectivity index (χ2v) is 3.83. The van der Waals surface area contributed by atoms with Crippen LogP contribution in [-0.2, 0) is 9.59 Å². The van der Waals surface area contributed by atoms with Crippen LogP contribution in [0.25, 0.3) is 0 Å². The molecule has 1 spiro atoms. The normalized spacial score (nSPS) is 27.3. The van der Waals surface area contributed by atoms with Crippen molar-refractivity contribution in [3.05, 3.63) is 0 Å². The van der Waals surface area contributed by atoms with Crippen molar-refractivity contribution in [1.29, 1.82) is 0 Å². The Morgan fingerprint density at radius 1 is 1.43 bits per heavy atom. The van der Waals surface area contributed by atoms with Gasteiger partial charge in [0.05, 0.1) is 0 Å². The number of carboxylic acids is 1. The van der Waals surface area contributed by atoms with E-state index >= 15 is 0 Å². The summed E-state index contributed by atoms with van der Waals surface area (Å²) < 4.78 is 0. The zero-order chi connectivity index (χ0) is 10.6. The monoisotopic (exact) mass is 201 g/mol. The highest BCUT2D eigenvalue weighted by molar-refractivity contribution is 5.75. The third-order valence-corrected chi connectivity index (χ3v) is 2.93. The molecule has 1 heterocycles. The molecule has 0 bridgehead atoms. The maximum atomic E-state index is 10.5. The Bertz CT molecular complexity index is 215. The Labute approximate surface area is 82.1 Å². The van der Waals surface area contributed by atoms with Crippen LogP contribution in [0.15, 0.2) is 0 Å². The molecule has 2 rings (SSSR count). The molecular weight excluding hydrogens is 186 g/mol. The summed E-state index contributed by atoms with van der Waals surface area (Å²) in [6.07, 6.45) is 5.73. The summed E-state index contributed by atoms with van der Waals surface area (Å²) in [5.74, 6) is -0.692. The van der Waals surface area contributed by atoms with Gasteiger partial charge in [-0.3, -0.25) is 14.9 Å². The Hall–Kier alpha value is -1.10. The van der Waals surface area contributed by atoms with E-state index in [1.165, 1.54) is 25.7 Å². The molecule has 2 fully saturated rings. The van der Waals surface area contributed by atoms with Gasteiger partial charge in [-0.05, 0) is 19.3 Å². The van der Waals surface area contributed by atoms with Gasteiger partial charge >= 0.3 is 5.97 Å². The maximum absolute atomic E-state index is 10.5. The predicted octanol–water partition coefficient (Wildman–Crippen LogP) is 0.446. The van der Waals surface area contributed by atoms with Crippen LogP contribution in [0.2, 0.25) is 0 Å². The Kier molecular flexibility index (Phi) is 3.46. The fraction of sp³-hybridized carbons (Fsp3) is 0.778. The Balaban J connectivity index is 0.000000293. The minimum atomic E-state index is -0.692. The molecule has 1 aliphatic carbocycles. The number of rotatable bonds is 1. The molecule has 1 aliphatic heterocycles. The molecule has 1 saturated heterocycles. The summed E-state index contributed by atoms with van der Waals surface area (Å²) in [6, 6.07) is -0.256. The Morgan fingerprint density at radius 3 is 2.21 bits per heavy atom. The van der Waals surface area contributed by atoms with Crippen molar-refractivity contribution in [2.75, 3.05) is 0 Å². The number of hydrogen-bond donors (Lipinski definition) is 3. The van der Waals surface area contributed by atoms with Crippen molar-refractivity contribution in [2.45, 2.75) is 43.7 Å². The minimum Gasteiger partial charge on any atom is -0.483 e. The van der Waals surface area contributed by atoms with E-state index < -0.39 is 5.97 Å². The average Bonchev–Trinajstić information content (AvgIpc) is 2.50. The third-order valence-electron chi connectivity index (χ3n) is 2.93. The smallest absolute Gasteiger partial charge is 0.320 e. The van der Waals surface area contributed by atoms with Gasteiger partial charge in [-0.2, -0.15) is 0 Å². The molecule has 5 nitrogen and oxygen atoms in total. The first-order chi connectivity index (χ1) is 6.63. The van der Waals surface area contributed by atoms with Crippen LogP contribution in [0.5, 0.6) is 0 Å². The van der Waals surface area contributed by atoms with Gasteiger partial charge in [0.2, 0.25) is 0 Å². The number of hydrogen-bond acceptors (Lipinski definition) is 3. The molecule has 3 N–H and O–H groups in total. The van der Waals surface area contributed by atoms with Gasteiger partial charge in [0.25, 0.3) is 6.47 Å². The van der Waals surface area contributed by atoms with Crippen LogP contribution < -0.4 is 5.32 Å². The lowest BCUT2D eigenvalue weighted by Crippen LogP contribution is -2.64. The van der Waals surface area contributed by atoms with Crippen molar-refractivity contribution in [3.8, 4) is 0 Å². The molecule has 5 heteroatoms. The number of nitrogens with one attached hydrogen (secondary N) is 1. The van der Waals surface area contributed by atoms with Gasteiger partial charge in [-0.1, -0.05) is 12.8 Å². The van der Waals surface area contributed by atoms with Crippen LogP contribution in [0.4, 0.5) is 0 Å². The lowest BCUT2D eigenvalue weighted by atomic mass is 9.80. The summed E-state index contributed by atoms with van der Waals surface area (Å²) in [6.45, 7) is -0.250. The van der Waals surface area contributed by atoms with E-state index in [0.717, 1.165) is 6.42 Å². The molecule has 0 aromatic rings. The van der Waals surface area contributed by atoms with Gasteiger partial charge in [-0.15, -0.1) is 0 Å². The van der Waals surface area contributed by atoms with Gasteiger partial charge in [0, 0.05) is 5.54 Å². The molecule has 1 unspecified atom stereocenters. The van der Waals surface area contributed by atoms with Crippen molar-refractivity contribution in [2.24, 2.45) is 0 Å². The highest BCUT2D eigenvalue weighted by atomic mass is 16.4. The predicted molar refractivity (Wildman–Crippen MR) is 49.1 cm³/mol. The number of carboxylic acid groups (broad SMARTS) is 2. The van der Waals surface area contributed by atoms with E-state index in [4.69, 9.17) is 15.0 Å². The van der Waals surface area contributed by atoms with Gasteiger partial charge in [0.1, 0.15) is 6.04 Å². The first kappa shape index (κ1) is 11.0. The zero-order valence-electron chi connectivity index (χ0n) is 7.90. The summed E-state index contributed by atoms with van der Waals surface area (Å²) in [5, 5.41) is 18.7. The van der Waals surface area contributed by atoms with E-state index in [-0.39, 0.29) is 18.1 Å². The van der Waals surface area contributed by atoms with Crippen LogP contribution >= 0.6 is 0 Å². The summed E-state index contributed by atoms with van der Waals surface area (Å²) >= 11 is 0. The minimum absolute atomic E-state index is 0.239. The SMILES string of the molecule is O=C(O)C1CC2(CCCC2)N1.O=CO.